The Morgan fingerprint density at radius 3 is 2.43 bits per heavy atom. The first kappa shape index (κ1) is 13.2. The minimum absolute atomic E-state index is 0.133. The Balaban J connectivity index is 2.53. The van der Waals surface area contributed by atoms with Crippen LogP contribution in [0.4, 0.5) is 0 Å². The fourth-order valence-electron chi connectivity index (χ4n) is 2.61. The zero-order valence-electron chi connectivity index (χ0n) is 11.9. The lowest BCUT2D eigenvalue weighted by Crippen LogP contribution is -2.23. The number of aromatic nitrogens is 2. The predicted molar refractivity (Wildman–Crippen MR) is 77.8 cm³/mol. The first-order chi connectivity index (χ1) is 10.1. The van der Waals surface area contributed by atoms with Crippen LogP contribution in [0.15, 0.2) is 30.6 Å². The molecule has 0 amide bonds. The smallest absolute Gasteiger partial charge is 0.228 e. The fourth-order valence-corrected chi connectivity index (χ4v) is 2.61. The lowest BCUT2D eigenvalue weighted by Gasteiger charge is -2.08. The van der Waals surface area contributed by atoms with Crippen LogP contribution in [0.25, 0.3) is 21.8 Å². The van der Waals surface area contributed by atoms with Gasteiger partial charge in [-0.05, 0) is 6.07 Å². The molecule has 0 saturated carbocycles. The van der Waals surface area contributed by atoms with Gasteiger partial charge in [0.05, 0.1) is 30.6 Å². The average Bonchev–Trinajstić information content (AvgIpc) is 2.78. The van der Waals surface area contributed by atoms with Gasteiger partial charge in [0, 0.05) is 24.4 Å². The third kappa shape index (κ3) is 1.87. The maximum Gasteiger partial charge on any atom is 0.228 e. The SMILES string of the molecule is COc1cc2c3c[n+]([O-])ccc3n(C(C)=O)c2cc1OC. The molecule has 0 aliphatic rings. The number of hydrogen-bond acceptors (Lipinski definition) is 4. The van der Waals surface area contributed by atoms with E-state index >= 15 is 0 Å². The maximum atomic E-state index is 12.0. The Bertz CT molecular complexity index is 867. The standard InChI is InChI=1S/C15H14N2O4/c1-9(18)17-12-4-5-16(19)8-11(12)10-6-14(20-2)15(21-3)7-13(10)17/h4-8H,1-3H3. The van der Waals surface area contributed by atoms with Crippen molar-refractivity contribution in [1.29, 1.82) is 0 Å². The number of benzene rings is 1. The molecule has 1 aromatic carbocycles. The van der Waals surface area contributed by atoms with Crippen molar-refractivity contribution in [3.8, 4) is 11.5 Å². The van der Waals surface area contributed by atoms with E-state index in [-0.39, 0.29) is 5.91 Å². The highest BCUT2D eigenvalue weighted by atomic mass is 16.5. The van der Waals surface area contributed by atoms with Crippen LogP contribution in [0.3, 0.4) is 0 Å². The number of pyridine rings is 1. The van der Waals surface area contributed by atoms with E-state index in [1.165, 1.54) is 26.4 Å². The van der Waals surface area contributed by atoms with E-state index in [1.54, 1.807) is 29.9 Å². The van der Waals surface area contributed by atoms with Crippen molar-refractivity contribution in [3.63, 3.8) is 0 Å². The van der Waals surface area contributed by atoms with Gasteiger partial charge in [-0.3, -0.25) is 9.36 Å². The molecule has 0 fully saturated rings. The van der Waals surface area contributed by atoms with Crippen LogP contribution >= 0.6 is 0 Å². The number of fused-ring (bicyclic) bond motifs is 3. The molecule has 2 aromatic heterocycles. The highest BCUT2D eigenvalue weighted by molar-refractivity contribution is 6.13. The molecule has 3 aromatic rings. The van der Waals surface area contributed by atoms with Gasteiger partial charge in [0.1, 0.15) is 0 Å². The lowest BCUT2D eigenvalue weighted by atomic mass is 10.2. The van der Waals surface area contributed by atoms with E-state index in [2.05, 4.69) is 0 Å². The highest BCUT2D eigenvalue weighted by Crippen LogP contribution is 2.37. The van der Waals surface area contributed by atoms with Gasteiger partial charge < -0.3 is 14.7 Å². The Morgan fingerprint density at radius 1 is 1.14 bits per heavy atom. The summed E-state index contributed by atoms with van der Waals surface area (Å²) in [5.41, 5.74) is 1.36. The maximum absolute atomic E-state index is 12.0. The van der Waals surface area contributed by atoms with Crippen molar-refractivity contribution >= 4 is 27.7 Å². The molecule has 2 heterocycles. The van der Waals surface area contributed by atoms with E-state index in [1.807, 2.05) is 0 Å². The molecule has 0 aliphatic heterocycles. The van der Waals surface area contributed by atoms with E-state index in [0.29, 0.717) is 32.6 Å². The summed E-state index contributed by atoms with van der Waals surface area (Å²) in [7, 11) is 3.08. The molecule has 6 nitrogen and oxygen atoms in total. The van der Waals surface area contributed by atoms with Gasteiger partial charge in [0.15, 0.2) is 23.9 Å². The normalized spacial score (nSPS) is 11.0. The fraction of sp³-hybridized carbons (Fsp3) is 0.200. The van der Waals surface area contributed by atoms with Gasteiger partial charge in [-0.25, -0.2) is 0 Å². The van der Waals surface area contributed by atoms with E-state index in [4.69, 9.17) is 9.47 Å². The monoisotopic (exact) mass is 286 g/mol. The Kier molecular flexibility index (Phi) is 2.94. The molecule has 108 valence electrons. The van der Waals surface area contributed by atoms with Crippen LogP contribution in [0, 0.1) is 5.21 Å². The predicted octanol–water partition coefficient (Wildman–Crippen LogP) is 2.11. The Labute approximate surface area is 120 Å². The van der Waals surface area contributed by atoms with Gasteiger partial charge in [0.2, 0.25) is 5.91 Å². The second kappa shape index (κ2) is 4.66. The minimum Gasteiger partial charge on any atom is -0.619 e. The summed E-state index contributed by atoms with van der Waals surface area (Å²) in [4.78, 5) is 12.0. The first-order valence-electron chi connectivity index (χ1n) is 6.36. The van der Waals surface area contributed by atoms with Crippen LogP contribution in [-0.4, -0.2) is 24.7 Å². The summed E-state index contributed by atoms with van der Waals surface area (Å²) in [5, 5.41) is 13.0. The second-order valence-electron chi connectivity index (χ2n) is 4.68. The van der Waals surface area contributed by atoms with E-state index < -0.39 is 0 Å². The summed E-state index contributed by atoms with van der Waals surface area (Å²) >= 11 is 0. The van der Waals surface area contributed by atoms with Crippen LogP contribution in [0.2, 0.25) is 0 Å². The second-order valence-corrected chi connectivity index (χ2v) is 4.68. The molecule has 3 rings (SSSR count). The highest BCUT2D eigenvalue weighted by Gasteiger charge is 2.18. The number of carbonyl (C=O) groups is 1. The summed E-state index contributed by atoms with van der Waals surface area (Å²) < 4.78 is 12.8. The van der Waals surface area contributed by atoms with Crippen molar-refractivity contribution in [3.05, 3.63) is 35.8 Å². The Morgan fingerprint density at radius 2 is 1.81 bits per heavy atom. The summed E-state index contributed by atoms with van der Waals surface area (Å²) in [6.45, 7) is 1.48. The molecule has 0 spiro atoms. The number of ether oxygens (including phenoxy) is 2. The van der Waals surface area contributed by atoms with Crippen molar-refractivity contribution in [1.82, 2.24) is 4.57 Å². The quantitative estimate of drug-likeness (QED) is 0.534. The van der Waals surface area contributed by atoms with Gasteiger partial charge in [0.25, 0.3) is 0 Å². The van der Waals surface area contributed by atoms with Crippen molar-refractivity contribution in [2.24, 2.45) is 0 Å². The average molecular weight is 286 g/mol. The van der Waals surface area contributed by atoms with Crippen LogP contribution < -0.4 is 14.2 Å². The van der Waals surface area contributed by atoms with Crippen molar-refractivity contribution in [2.45, 2.75) is 6.92 Å². The van der Waals surface area contributed by atoms with E-state index in [0.717, 1.165) is 5.39 Å². The minimum atomic E-state index is -0.133. The number of methoxy groups -OCH3 is 2. The van der Waals surface area contributed by atoms with Crippen molar-refractivity contribution in [2.75, 3.05) is 14.2 Å². The molecule has 0 aliphatic carbocycles. The molecule has 0 bridgehead atoms. The zero-order valence-corrected chi connectivity index (χ0v) is 11.9. The van der Waals surface area contributed by atoms with E-state index in [9.17, 15) is 10.0 Å². The molecule has 0 unspecified atom stereocenters. The van der Waals surface area contributed by atoms with Gasteiger partial charge in [-0.1, -0.05) is 0 Å². The molecule has 0 atom stereocenters. The largest absolute Gasteiger partial charge is 0.619 e. The van der Waals surface area contributed by atoms with Crippen molar-refractivity contribution < 1.29 is 19.0 Å². The Hall–Kier alpha value is -2.76. The molecular formula is C15H14N2O4. The third-order valence-electron chi connectivity index (χ3n) is 3.50. The number of rotatable bonds is 2. The lowest BCUT2D eigenvalue weighted by molar-refractivity contribution is -0.603. The molecule has 6 heteroatoms. The van der Waals surface area contributed by atoms with Gasteiger partial charge in [-0.2, -0.15) is 4.73 Å². The molecule has 0 saturated heterocycles. The molecule has 0 N–H and O–H groups in total. The van der Waals surface area contributed by atoms with Crippen LogP contribution in [0.1, 0.15) is 11.7 Å². The van der Waals surface area contributed by atoms with Gasteiger partial charge >= 0.3 is 0 Å². The summed E-state index contributed by atoms with van der Waals surface area (Å²) in [6.07, 6.45) is 2.82. The summed E-state index contributed by atoms with van der Waals surface area (Å²) in [6, 6.07) is 5.14. The molecule has 0 radical (unpaired) electrons. The van der Waals surface area contributed by atoms with Gasteiger partial charge in [-0.15, -0.1) is 0 Å². The molecular weight excluding hydrogens is 272 g/mol. The number of carbonyl (C=O) groups excluding carboxylic acids is 1. The number of hydrogen-bond donors (Lipinski definition) is 0. The third-order valence-corrected chi connectivity index (χ3v) is 3.50. The number of nitrogens with zero attached hydrogens (tertiary/aromatic N) is 2. The van der Waals surface area contributed by atoms with Crippen LogP contribution in [-0.2, 0) is 0 Å². The zero-order chi connectivity index (χ0) is 15.1. The van der Waals surface area contributed by atoms with Crippen LogP contribution in [0.5, 0.6) is 11.5 Å². The summed E-state index contributed by atoms with van der Waals surface area (Å²) in [5.74, 6) is 0.949. The first-order valence-corrected chi connectivity index (χ1v) is 6.36. The topological polar surface area (TPSA) is 67.4 Å². The molecule has 21 heavy (non-hydrogen) atoms.